The Morgan fingerprint density at radius 2 is 1.90 bits per heavy atom. The van der Waals surface area contributed by atoms with E-state index < -0.39 is 17.1 Å². The van der Waals surface area contributed by atoms with E-state index in [0.29, 0.717) is 16.9 Å². The van der Waals surface area contributed by atoms with Crippen LogP contribution < -0.4 is 26.0 Å². The summed E-state index contributed by atoms with van der Waals surface area (Å²) in [5, 5.41) is 6.58. The maximum Gasteiger partial charge on any atom is 0.352 e. The van der Waals surface area contributed by atoms with Crippen LogP contribution in [0.4, 0.5) is 10.1 Å². The number of ether oxygens (including phenoxy) is 2. The van der Waals surface area contributed by atoms with Gasteiger partial charge in [-0.1, -0.05) is 12.1 Å². The van der Waals surface area contributed by atoms with Crippen LogP contribution in [0, 0.1) is 5.82 Å². The number of hydrogen-bond acceptors (Lipinski definition) is 6. The summed E-state index contributed by atoms with van der Waals surface area (Å²) in [5.74, 6) is -1.16. The summed E-state index contributed by atoms with van der Waals surface area (Å²) in [6.07, 6.45) is 0. The second-order valence-corrected chi connectivity index (χ2v) is 6.30. The predicted molar refractivity (Wildman–Crippen MR) is 107 cm³/mol. The highest BCUT2D eigenvalue weighted by atomic mass is 19.1. The van der Waals surface area contributed by atoms with Crippen molar-refractivity contribution >= 4 is 11.6 Å². The van der Waals surface area contributed by atoms with E-state index in [-0.39, 0.29) is 24.1 Å². The molecular formula is C20H19FN4O5. The molecule has 10 heteroatoms. The number of aromatic nitrogens is 3. The third kappa shape index (κ3) is 4.22. The molecule has 156 valence electrons. The highest BCUT2D eigenvalue weighted by molar-refractivity contribution is 5.88. The number of nitrogens with zero attached hydrogens (tertiary/aromatic N) is 3. The van der Waals surface area contributed by atoms with Crippen molar-refractivity contribution in [1.29, 1.82) is 0 Å². The first-order chi connectivity index (χ1) is 14.3. The summed E-state index contributed by atoms with van der Waals surface area (Å²) in [5.41, 5.74) is -0.383. The van der Waals surface area contributed by atoms with Crippen LogP contribution in [0.5, 0.6) is 11.6 Å². The van der Waals surface area contributed by atoms with Gasteiger partial charge < -0.3 is 14.8 Å². The number of hydrogen-bond donors (Lipinski definition) is 1. The molecule has 3 rings (SSSR count). The topological polar surface area (TPSA) is 104 Å². The van der Waals surface area contributed by atoms with Gasteiger partial charge in [0.05, 0.1) is 26.5 Å². The van der Waals surface area contributed by atoms with Gasteiger partial charge in [-0.15, -0.1) is 5.10 Å². The van der Waals surface area contributed by atoms with Gasteiger partial charge >= 0.3 is 11.2 Å². The van der Waals surface area contributed by atoms with Crippen LogP contribution in [-0.4, -0.2) is 34.5 Å². The lowest BCUT2D eigenvalue weighted by Crippen LogP contribution is -2.41. The molecule has 0 fully saturated rings. The Hall–Kier alpha value is -3.95. The van der Waals surface area contributed by atoms with Crippen molar-refractivity contribution < 1.29 is 18.7 Å². The lowest BCUT2D eigenvalue weighted by Gasteiger charge is -2.13. The number of anilines is 1. The summed E-state index contributed by atoms with van der Waals surface area (Å²) >= 11 is 0. The van der Waals surface area contributed by atoms with Crippen LogP contribution in [0.1, 0.15) is 12.5 Å². The maximum atomic E-state index is 14.0. The van der Waals surface area contributed by atoms with Gasteiger partial charge in [0.25, 0.3) is 5.88 Å². The van der Waals surface area contributed by atoms with E-state index in [9.17, 15) is 18.8 Å². The number of carbonyl (C=O) groups is 1. The maximum absolute atomic E-state index is 14.0. The summed E-state index contributed by atoms with van der Waals surface area (Å²) in [4.78, 5) is 36.9. The van der Waals surface area contributed by atoms with Crippen LogP contribution in [0.3, 0.4) is 0 Å². The fraction of sp³-hybridized carbons (Fsp3) is 0.200. The van der Waals surface area contributed by atoms with E-state index in [2.05, 4.69) is 10.4 Å². The van der Waals surface area contributed by atoms with Crippen molar-refractivity contribution in [1.82, 2.24) is 14.3 Å². The van der Waals surface area contributed by atoms with Crippen molar-refractivity contribution in [2.24, 2.45) is 0 Å². The lowest BCUT2D eigenvalue weighted by atomic mass is 10.2. The predicted octanol–water partition coefficient (Wildman–Crippen LogP) is 1.56. The van der Waals surface area contributed by atoms with E-state index in [1.54, 1.807) is 24.3 Å². The summed E-state index contributed by atoms with van der Waals surface area (Å²) in [6.45, 7) is 1.15. The zero-order chi connectivity index (χ0) is 21.8. The van der Waals surface area contributed by atoms with E-state index in [1.165, 1.54) is 39.3 Å². The van der Waals surface area contributed by atoms with Crippen LogP contribution in [0.2, 0.25) is 0 Å². The average Bonchev–Trinajstić information content (AvgIpc) is 2.71. The molecule has 2 aromatic carbocycles. The highest BCUT2D eigenvalue weighted by Crippen LogP contribution is 2.18. The van der Waals surface area contributed by atoms with Gasteiger partial charge in [0.2, 0.25) is 5.91 Å². The molecule has 1 aromatic heterocycles. The molecule has 0 bridgehead atoms. The second kappa shape index (κ2) is 8.60. The number of carbonyl (C=O) groups excluding carboxylic acids is 1. The van der Waals surface area contributed by atoms with Crippen LogP contribution in [-0.2, 0) is 11.3 Å². The molecule has 1 N–H and O–H groups in total. The van der Waals surface area contributed by atoms with Gasteiger partial charge in [0.1, 0.15) is 0 Å². The Labute approximate surface area is 170 Å². The normalized spacial score (nSPS) is 10.5. The summed E-state index contributed by atoms with van der Waals surface area (Å²) in [6, 6.07) is 10.5. The first-order valence-corrected chi connectivity index (χ1v) is 8.82. The Bertz CT molecular complexity index is 1220. The van der Waals surface area contributed by atoms with Gasteiger partial charge in [0.15, 0.2) is 11.6 Å². The molecule has 9 nitrogen and oxygen atoms in total. The molecule has 0 aliphatic rings. The zero-order valence-corrected chi connectivity index (χ0v) is 16.5. The first-order valence-electron chi connectivity index (χ1n) is 8.82. The molecule has 0 aliphatic carbocycles. The Balaban J connectivity index is 2.11. The van der Waals surface area contributed by atoms with Crippen molar-refractivity contribution in [2.75, 3.05) is 19.5 Å². The second-order valence-electron chi connectivity index (χ2n) is 6.30. The number of halogens is 1. The molecule has 0 aliphatic heterocycles. The van der Waals surface area contributed by atoms with Gasteiger partial charge in [0, 0.05) is 12.6 Å². The molecule has 0 atom stereocenters. The molecule has 0 spiro atoms. The van der Waals surface area contributed by atoms with Crippen LogP contribution in [0.15, 0.2) is 52.1 Å². The highest BCUT2D eigenvalue weighted by Gasteiger charge is 2.16. The minimum atomic E-state index is -0.756. The number of benzene rings is 2. The zero-order valence-electron chi connectivity index (χ0n) is 16.5. The van der Waals surface area contributed by atoms with Crippen molar-refractivity contribution in [3.8, 4) is 17.3 Å². The number of methoxy groups -OCH3 is 2. The van der Waals surface area contributed by atoms with E-state index >= 15 is 0 Å². The molecule has 1 amide bonds. The Morgan fingerprint density at radius 1 is 1.13 bits per heavy atom. The van der Waals surface area contributed by atoms with Crippen molar-refractivity contribution in [2.45, 2.75) is 13.5 Å². The minimum Gasteiger partial charge on any atom is -0.494 e. The largest absolute Gasteiger partial charge is 0.494 e. The van der Waals surface area contributed by atoms with Crippen LogP contribution in [0.25, 0.3) is 5.69 Å². The molecule has 0 unspecified atom stereocenters. The van der Waals surface area contributed by atoms with E-state index in [1.807, 2.05) is 0 Å². The van der Waals surface area contributed by atoms with E-state index in [0.717, 1.165) is 9.25 Å². The fourth-order valence-corrected chi connectivity index (χ4v) is 2.84. The first kappa shape index (κ1) is 20.8. The summed E-state index contributed by atoms with van der Waals surface area (Å²) in [7, 11) is 2.59. The molecule has 1 heterocycles. The molecule has 3 aromatic rings. The van der Waals surface area contributed by atoms with Gasteiger partial charge in [-0.25, -0.2) is 13.8 Å². The number of nitrogens with one attached hydrogen (secondary N) is 1. The van der Waals surface area contributed by atoms with Crippen molar-refractivity contribution in [3.63, 3.8) is 0 Å². The number of rotatable bonds is 6. The third-order valence-electron chi connectivity index (χ3n) is 4.19. The van der Waals surface area contributed by atoms with Crippen molar-refractivity contribution in [3.05, 3.63) is 74.7 Å². The third-order valence-corrected chi connectivity index (χ3v) is 4.19. The molecule has 30 heavy (non-hydrogen) atoms. The monoisotopic (exact) mass is 414 g/mol. The Morgan fingerprint density at radius 3 is 2.53 bits per heavy atom. The number of amides is 1. The smallest absolute Gasteiger partial charge is 0.352 e. The standard InChI is InChI=1S/C20H19FN4O5/c1-12(26)22-14-5-4-6-15(10-14)25-20(28)24(19(27)18(23-25)30-3)11-13-7-8-17(29-2)16(21)9-13/h4-10H,11H2,1-3H3,(H,22,26). The van der Waals surface area contributed by atoms with Gasteiger partial charge in [-0.05, 0) is 35.9 Å². The molecular weight excluding hydrogens is 395 g/mol. The average molecular weight is 414 g/mol. The quantitative estimate of drug-likeness (QED) is 0.656. The fourth-order valence-electron chi connectivity index (χ4n) is 2.84. The van der Waals surface area contributed by atoms with Crippen LogP contribution >= 0.6 is 0 Å². The SMILES string of the molecule is COc1ccc(Cn2c(=O)c(OC)nn(-c3cccc(NC(C)=O)c3)c2=O)cc1F. The minimum absolute atomic E-state index is 0.0469. The van der Waals surface area contributed by atoms with Gasteiger partial charge in [-0.3, -0.25) is 9.59 Å². The Kier molecular flexibility index (Phi) is 5.95. The lowest BCUT2D eigenvalue weighted by molar-refractivity contribution is -0.114. The summed E-state index contributed by atoms with van der Waals surface area (Å²) < 4.78 is 25.8. The molecule has 0 saturated heterocycles. The van der Waals surface area contributed by atoms with Gasteiger partial charge in [-0.2, -0.15) is 4.68 Å². The molecule has 0 saturated carbocycles. The van der Waals surface area contributed by atoms with E-state index in [4.69, 9.17) is 9.47 Å². The molecule has 0 radical (unpaired) electrons.